The van der Waals surface area contributed by atoms with Gasteiger partial charge in [0.2, 0.25) is 5.91 Å². The van der Waals surface area contributed by atoms with Crippen molar-refractivity contribution in [1.29, 1.82) is 0 Å². The van der Waals surface area contributed by atoms with Crippen LogP contribution in [0.5, 0.6) is 0 Å². The molecule has 6 heteroatoms. The maximum absolute atomic E-state index is 12.8. The topological polar surface area (TPSA) is 63.2 Å². The maximum Gasteiger partial charge on any atom is 0.241 e. The summed E-state index contributed by atoms with van der Waals surface area (Å²) in [7, 11) is -3.83. The number of halogens is 1. The van der Waals surface area contributed by atoms with Gasteiger partial charge in [-0.15, -0.1) is 0 Å². The van der Waals surface area contributed by atoms with Crippen LogP contribution in [0.2, 0.25) is 5.02 Å². The Kier molecular flexibility index (Phi) is 5.91. The number of benzene rings is 2. The van der Waals surface area contributed by atoms with E-state index in [1.807, 2.05) is 31.2 Å². The standard InChI is InChI=1S/C19H22ClNO3S/c1-14-6-4-5-7-15(14)12-13-21-18(22)19(2,3)25(23,24)17-10-8-16(20)9-11-17/h4-11H,12-13H2,1-3H3,(H,21,22). The molecule has 0 saturated carbocycles. The number of sulfone groups is 1. The average molecular weight is 380 g/mol. The zero-order valence-electron chi connectivity index (χ0n) is 14.5. The summed E-state index contributed by atoms with van der Waals surface area (Å²) in [6.07, 6.45) is 0.648. The molecule has 0 unspecified atom stereocenters. The van der Waals surface area contributed by atoms with Crippen LogP contribution >= 0.6 is 11.6 Å². The molecule has 0 aliphatic heterocycles. The van der Waals surface area contributed by atoms with E-state index in [4.69, 9.17) is 11.6 Å². The Morgan fingerprint density at radius 2 is 1.68 bits per heavy atom. The molecule has 1 N–H and O–H groups in total. The number of amides is 1. The molecule has 0 bridgehead atoms. The molecule has 1 amide bonds. The minimum Gasteiger partial charge on any atom is -0.354 e. The first-order valence-corrected chi connectivity index (χ1v) is 9.85. The van der Waals surface area contributed by atoms with E-state index in [0.717, 1.165) is 11.1 Å². The minimum absolute atomic E-state index is 0.0796. The SMILES string of the molecule is Cc1ccccc1CCNC(=O)C(C)(C)S(=O)(=O)c1ccc(Cl)cc1. The van der Waals surface area contributed by atoms with Gasteiger partial charge in [-0.3, -0.25) is 4.79 Å². The van der Waals surface area contributed by atoms with E-state index in [1.54, 1.807) is 0 Å². The molecule has 0 aliphatic rings. The monoisotopic (exact) mass is 379 g/mol. The molecule has 2 aromatic carbocycles. The van der Waals surface area contributed by atoms with Crippen molar-refractivity contribution in [3.8, 4) is 0 Å². The minimum atomic E-state index is -3.83. The summed E-state index contributed by atoms with van der Waals surface area (Å²) in [6, 6.07) is 13.7. The van der Waals surface area contributed by atoms with Crippen molar-refractivity contribution in [2.24, 2.45) is 0 Å². The molecular formula is C19H22ClNO3S. The lowest BCUT2D eigenvalue weighted by molar-refractivity contribution is -0.122. The van der Waals surface area contributed by atoms with Gasteiger partial charge in [-0.1, -0.05) is 35.9 Å². The summed E-state index contributed by atoms with van der Waals surface area (Å²) in [4.78, 5) is 12.6. The lowest BCUT2D eigenvalue weighted by Gasteiger charge is -2.24. The molecular weight excluding hydrogens is 358 g/mol. The van der Waals surface area contributed by atoms with Gasteiger partial charge in [0.25, 0.3) is 0 Å². The normalized spacial score (nSPS) is 12.0. The van der Waals surface area contributed by atoms with Crippen molar-refractivity contribution in [3.05, 3.63) is 64.7 Å². The molecule has 0 radical (unpaired) electrons. The van der Waals surface area contributed by atoms with Gasteiger partial charge in [0, 0.05) is 11.6 Å². The number of rotatable bonds is 6. The third kappa shape index (κ3) is 4.22. The van der Waals surface area contributed by atoms with E-state index < -0.39 is 20.5 Å². The molecule has 134 valence electrons. The summed E-state index contributed by atoms with van der Waals surface area (Å²) >= 11 is 5.80. The highest BCUT2D eigenvalue weighted by molar-refractivity contribution is 7.93. The fourth-order valence-electron chi connectivity index (χ4n) is 2.44. The Hall–Kier alpha value is -1.85. The molecule has 2 aromatic rings. The van der Waals surface area contributed by atoms with E-state index in [0.29, 0.717) is 18.0 Å². The van der Waals surface area contributed by atoms with E-state index in [1.165, 1.54) is 38.1 Å². The van der Waals surface area contributed by atoms with Gasteiger partial charge in [0.15, 0.2) is 9.84 Å². The molecule has 0 saturated heterocycles. The third-order valence-electron chi connectivity index (χ3n) is 4.28. The largest absolute Gasteiger partial charge is 0.354 e. The smallest absolute Gasteiger partial charge is 0.241 e. The number of carbonyl (C=O) groups is 1. The highest BCUT2D eigenvalue weighted by atomic mass is 35.5. The van der Waals surface area contributed by atoms with E-state index in [-0.39, 0.29) is 4.90 Å². The van der Waals surface area contributed by atoms with Crippen molar-refractivity contribution in [2.45, 2.75) is 36.8 Å². The second-order valence-corrected chi connectivity index (χ2v) is 9.34. The van der Waals surface area contributed by atoms with Crippen LogP contribution in [0.15, 0.2) is 53.4 Å². The highest BCUT2D eigenvalue weighted by Gasteiger charge is 2.42. The molecule has 0 atom stereocenters. The molecule has 2 rings (SSSR count). The maximum atomic E-state index is 12.8. The number of hydrogen-bond donors (Lipinski definition) is 1. The van der Waals surface area contributed by atoms with Gasteiger partial charge in [-0.05, 0) is 62.6 Å². The first kappa shape index (κ1) is 19.5. The Labute approximate surface area is 154 Å². The van der Waals surface area contributed by atoms with Crippen LogP contribution in [0.25, 0.3) is 0 Å². The van der Waals surface area contributed by atoms with Crippen molar-refractivity contribution in [1.82, 2.24) is 5.32 Å². The van der Waals surface area contributed by atoms with Crippen molar-refractivity contribution in [3.63, 3.8) is 0 Å². The van der Waals surface area contributed by atoms with Gasteiger partial charge in [0.1, 0.15) is 4.75 Å². The van der Waals surface area contributed by atoms with E-state index in [2.05, 4.69) is 5.32 Å². The Balaban J connectivity index is 2.08. The van der Waals surface area contributed by atoms with Crippen LogP contribution < -0.4 is 5.32 Å². The molecule has 0 aliphatic carbocycles. The van der Waals surface area contributed by atoms with Crippen LogP contribution in [0.4, 0.5) is 0 Å². The summed E-state index contributed by atoms with van der Waals surface area (Å²) in [5.41, 5.74) is 2.27. The van der Waals surface area contributed by atoms with E-state index >= 15 is 0 Å². The quantitative estimate of drug-likeness (QED) is 0.834. The fraction of sp³-hybridized carbons (Fsp3) is 0.316. The van der Waals surface area contributed by atoms with Crippen molar-refractivity contribution >= 4 is 27.3 Å². The van der Waals surface area contributed by atoms with Crippen molar-refractivity contribution < 1.29 is 13.2 Å². The fourth-order valence-corrected chi connectivity index (χ4v) is 3.97. The van der Waals surface area contributed by atoms with Gasteiger partial charge in [-0.25, -0.2) is 8.42 Å². The summed E-state index contributed by atoms with van der Waals surface area (Å²) in [6.45, 7) is 5.22. The second-order valence-electron chi connectivity index (χ2n) is 6.40. The van der Waals surface area contributed by atoms with Gasteiger partial charge >= 0.3 is 0 Å². The molecule has 0 fully saturated rings. The predicted molar refractivity (Wildman–Crippen MR) is 101 cm³/mol. The molecule has 0 spiro atoms. The van der Waals surface area contributed by atoms with Crippen molar-refractivity contribution in [2.75, 3.05) is 6.54 Å². The predicted octanol–water partition coefficient (Wildman–Crippen LogP) is 3.56. The molecule has 4 nitrogen and oxygen atoms in total. The molecule has 25 heavy (non-hydrogen) atoms. The average Bonchev–Trinajstić information content (AvgIpc) is 2.56. The lowest BCUT2D eigenvalue weighted by atomic mass is 10.1. The Morgan fingerprint density at radius 3 is 2.28 bits per heavy atom. The number of aryl methyl sites for hydroxylation is 1. The number of nitrogens with one attached hydrogen (secondary N) is 1. The first-order valence-electron chi connectivity index (χ1n) is 7.99. The molecule has 0 aromatic heterocycles. The van der Waals surface area contributed by atoms with Crippen LogP contribution in [0.3, 0.4) is 0 Å². The van der Waals surface area contributed by atoms with Gasteiger partial charge in [0.05, 0.1) is 4.90 Å². The summed E-state index contributed by atoms with van der Waals surface area (Å²) < 4.78 is 24.0. The van der Waals surface area contributed by atoms with Crippen LogP contribution in [-0.4, -0.2) is 25.6 Å². The summed E-state index contributed by atoms with van der Waals surface area (Å²) in [5, 5.41) is 3.19. The third-order valence-corrected chi connectivity index (χ3v) is 6.96. The Bertz CT molecular complexity index is 858. The van der Waals surface area contributed by atoms with Crippen LogP contribution in [0.1, 0.15) is 25.0 Å². The van der Waals surface area contributed by atoms with Crippen LogP contribution in [-0.2, 0) is 21.1 Å². The lowest BCUT2D eigenvalue weighted by Crippen LogP contribution is -2.48. The number of carbonyl (C=O) groups excluding carboxylic acids is 1. The van der Waals surface area contributed by atoms with Gasteiger partial charge < -0.3 is 5.32 Å². The van der Waals surface area contributed by atoms with Gasteiger partial charge in [-0.2, -0.15) is 0 Å². The summed E-state index contributed by atoms with van der Waals surface area (Å²) in [5.74, 6) is -0.518. The highest BCUT2D eigenvalue weighted by Crippen LogP contribution is 2.26. The zero-order chi connectivity index (χ0) is 18.7. The molecule has 0 heterocycles. The first-order chi connectivity index (χ1) is 11.7. The zero-order valence-corrected chi connectivity index (χ0v) is 16.1. The van der Waals surface area contributed by atoms with Crippen LogP contribution in [0, 0.1) is 6.92 Å². The Morgan fingerprint density at radius 1 is 1.08 bits per heavy atom. The van der Waals surface area contributed by atoms with E-state index in [9.17, 15) is 13.2 Å². The second kappa shape index (κ2) is 7.58. The number of hydrogen-bond acceptors (Lipinski definition) is 3.